The molecule has 152 valence electrons. The normalized spacial score (nSPS) is 12.1. The van der Waals surface area contributed by atoms with Gasteiger partial charge in [0.2, 0.25) is 0 Å². The van der Waals surface area contributed by atoms with E-state index in [1.54, 1.807) is 38.2 Å². The first-order valence-corrected chi connectivity index (χ1v) is 9.19. The summed E-state index contributed by atoms with van der Waals surface area (Å²) >= 11 is 0. The van der Waals surface area contributed by atoms with Crippen LogP contribution in [0.15, 0.2) is 47.0 Å². The quantitative estimate of drug-likeness (QED) is 0.626. The number of urea groups is 1. The lowest BCUT2D eigenvalue weighted by Gasteiger charge is -2.25. The number of rotatable bonds is 5. The van der Waals surface area contributed by atoms with Crippen molar-refractivity contribution >= 4 is 11.7 Å². The van der Waals surface area contributed by atoms with Crippen LogP contribution in [0.4, 0.5) is 19.3 Å². The van der Waals surface area contributed by atoms with E-state index >= 15 is 0 Å². The largest absolute Gasteiger partial charge is 0.334 e. The van der Waals surface area contributed by atoms with Gasteiger partial charge in [0.05, 0.1) is 6.04 Å². The van der Waals surface area contributed by atoms with Crippen molar-refractivity contribution in [2.75, 3.05) is 12.4 Å². The highest BCUT2D eigenvalue weighted by atomic mass is 19.2. The van der Waals surface area contributed by atoms with Gasteiger partial charge in [0.25, 0.3) is 5.89 Å². The molecule has 1 atom stereocenters. The van der Waals surface area contributed by atoms with Gasteiger partial charge in [-0.3, -0.25) is 0 Å². The highest BCUT2D eigenvalue weighted by molar-refractivity contribution is 5.89. The van der Waals surface area contributed by atoms with E-state index in [9.17, 15) is 13.6 Å². The molecule has 2 amide bonds. The summed E-state index contributed by atoms with van der Waals surface area (Å²) in [6.45, 7) is 5.69. The van der Waals surface area contributed by atoms with E-state index in [-0.39, 0.29) is 11.9 Å². The standard InChI is InChI=1S/C21H22F2N4O2/c1-12(2)19-25-20(29-26-19)14-5-8-16(9-6-14)24-21(28)27(4)13(3)15-7-10-17(22)18(23)11-15/h5-13H,1-4H3,(H,24,28). The Hall–Kier alpha value is -3.29. The molecule has 1 N–H and O–H groups in total. The number of carbonyl (C=O) groups excluding carboxylic acids is 1. The molecule has 3 rings (SSSR count). The predicted molar refractivity (Wildman–Crippen MR) is 105 cm³/mol. The Kier molecular flexibility index (Phi) is 5.91. The first kappa shape index (κ1) is 20.4. The number of carbonyl (C=O) groups is 1. The van der Waals surface area contributed by atoms with Gasteiger partial charge in [0.15, 0.2) is 17.5 Å². The molecule has 1 heterocycles. The van der Waals surface area contributed by atoms with Crippen molar-refractivity contribution in [1.29, 1.82) is 0 Å². The number of hydrogen-bond donors (Lipinski definition) is 1. The molecule has 6 nitrogen and oxygen atoms in total. The zero-order valence-corrected chi connectivity index (χ0v) is 16.6. The fourth-order valence-corrected chi connectivity index (χ4v) is 2.67. The Morgan fingerprint density at radius 2 is 1.76 bits per heavy atom. The second kappa shape index (κ2) is 8.38. The zero-order chi connectivity index (χ0) is 21.1. The van der Waals surface area contributed by atoms with Crippen LogP contribution in [0, 0.1) is 11.6 Å². The summed E-state index contributed by atoms with van der Waals surface area (Å²) in [5.74, 6) is -0.658. The molecule has 0 aliphatic rings. The molecule has 0 saturated heterocycles. The number of hydrogen-bond acceptors (Lipinski definition) is 4. The van der Waals surface area contributed by atoms with Crippen molar-refractivity contribution in [2.24, 2.45) is 0 Å². The van der Waals surface area contributed by atoms with Crippen molar-refractivity contribution in [3.8, 4) is 11.5 Å². The van der Waals surface area contributed by atoms with E-state index in [2.05, 4.69) is 15.5 Å². The van der Waals surface area contributed by atoms with E-state index in [0.717, 1.165) is 17.7 Å². The van der Waals surface area contributed by atoms with Crippen molar-refractivity contribution in [1.82, 2.24) is 15.0 Å². The van der Waals surface area contributed by atoms with Crippen LogP contribution in [0.25, 0.3) is 11.5 Å². The molecule has 1 aromatic heterocycles. The molecule has 0 aliphatic heterocycles. The van der Waals surface area contributed by atoms with Crippen molar-refractivity contribution in [3.05, 3.63) is 65.5 Å². The Labute approximate surface area is 167 Å². The Balaban J connectivity index is 1.67. The predicted octanol–water partition coefficient (Wildman–Crippen LogP) is 5.36. The van der Waals surface area contributed by atoms with Gasteiger partial charge >= 0.3 is 6.03 Å². The molecule has 0 aliphatic carbocycles. The average Bonchev–Trinajstić information content (AvgIpc) is 3.20. The summed E-state index contributed by atoms with van der Waals surface area (Å²) in [6.07, 6.45) is 0. The minimum absolute atomic E-state index is 0.165. The SMILES string of the molecule is CC(C)c1noc(-c2ccc(NC(=O)N(C)C(C)c3ccc(F)c(F)c3)cc2)n1. The first-order chi connectivity index (χ1) is 13.8. The number of halogens is 2. The molecule has 0 radical (unpaired) electrons. The lowest BCUT2D eigenvalue weighted by Crippen LogP contribution is -2.33. The maximum absolute atomic E-state index is 13.5. The van der Waals surface area contributed by atoms with Crippen LogP contribution in [0.5, 0.6) is 0 Å². The summed E-state index contributed by atoms with van der Waals surface area (Å²) in [7, 11) is 1.58. The van der Waals surface area contributed by atoms with Crippen LogP contribution in [0.1, 0.15) is 44.1 Å². The van der Waals surface area contributed by atoms with Gasteiger partial charge in [-0.15, -0.1) is 0 Å². The second-order valence-electron chi connectivity index (χ2n) is 7.08. The van der Waals surface area contributed by atoms with Crippen LogP contribution >= 0.6 is 0 Å². The first-order valence-electron chi connectivity index (χ1n) is 9.19. The van der Waals surface area contributed by atoms with Crippen LogP contribution in [-0.4, -0.2) is 28.1 Å². The van der Waals surface area contributed by atoms with Crippen LogP contribution in [-0.2, 0) is 0 Å². The maximum Gasteiger partial charge on any atom is 0.322 e. The number of amides is 2. The van der Waals surface area contributed by atoms with E-state index in [0.29, 0.717) is 23.0 Å². The smallest absolute Gasteiger partial charge is 0.322 e. The maximum atomic E-state index is 13.5. The van der Waals surface area contributed by atoms with E-state index in [4.69, 9.17) is 4.52 Å². The molecule has 3 aromatic rings. The minimum Gasteiger partial charge on any atom is -0.334 e. The van der Waals surface area contributed by atoms with E-state index in [1.165, 1.54) is 11.0 Å². The third kappa shape index (κ3) is 4.59. The van der Waals surface area contributed by atoms with Gasteiger partial charge < -0.3 is 14.7 Å². The number of aromatic nitrogens is 2. The molecule has 0 spiro atoms. The zero-order valence-electron chi connectivity index (χ0n) is 16.6. The second-order valence-corrected chi connectivity index (χ2v) is 7.08. The average molecular weight is 400 g/mol. The lowest BCUT2D eigenvalue weighted by molar-refractivity contribution is 0.208. The van der Waals surface area contributed by atoms with Crippen molar-refractivity contribution in [3.63, 3.8) is 0 Å². The molecule has 1 unspecified atom stereocenters. The van der Waals surface area contributed by atoms with Gasteiger partial charge in [-0.2, -0.15) is 4.98 Å². The van der Waals surface area contributed by atoms with Gasteiger partial charge in [-0.1, -0.05) is 25.1 Å². The molecule has 2 aromatic carbocycles. The van der Waals surface area contributed by atoms with Crippen LogP contribution < -0.4 is 5.32 Å². The number of benzene rings is 2. The van der Waals surface area contributed by atoms with Gasteiger partial charge in [-0.05, 0) is 48.9 Å². The van der Waals surface area contributed by atoms with Gasteiger partial charge in [0.1, 0.15) is 0 Å². The Morgan fingerprint density at radius 3 is 2.34 bits per heavy atom. The van der Waals surface area contributed by atoms with Gasteiger partial charge in [0, 0.05) is 24.2 Å². The monoisotopic (exact) mass is 400 g/mol. The highest BCUT2D eigenvalue weighted by Gasteiger charge is 2.19. The highest BCUT2D eigenvalue weighted by Crippen LogP contribution is 2.24. The molecule has 8 heteroatoms. The number of nitrogens with zero attached hydrogens (tertiary/aromatic N) is 3. The van der Waals surface area contributed by atoms with Crippen LogP contribution in [0.2, 0.25) is 0 Å². The summed E-state index contributed by atoms with van der Waals surface area (Å²) in [5, 5.41) is 6.71. The molecule has 0 saturated carbocycles. The van der Waals surface area contributed by atoms with Crippen molar-refractivity contribution < 1.29 is 18.1 Å². The lowest BCUT2D eigenvalue weighted by atomic mass is 10.1. The van der Waals surface area contributed by atoms with E-state index in [1.807, 2.05) is 13.8 Å². The van der Waals surface area contributed by atoms with Crippen LogP contribution in [0.3, 0.4) is 0 Å². The molecular formula is C21H22F2N4O2. The summed E-state index contributed by atoms with van der Waals surface area (Å²) < 4.78 is 31.8. The fraction of sp³-hybridized carbons (Fsp3) is 0.286. The van der Waals surface area contributed by atoms with E-state index < -0.39 is 17.7 Å². The molecule has 0 bridgehead atoms. The third-order valence-corrected chi connectivity index (χ3v) is 4.67. The topological polar surface area (TPSA) is 71.3 Å². The molecule has 0 fully saturated rings. The minimum atomic E-state index is -0.944. The molecular weight excluding hydrogens is 378 g/mol. The summed E-state index contributed by atoms with van der Waals surface area (Å²) in [5.41, 5.74) is 1.81. The van der Waals surface area contributed by atoms with Crippen molar-refractivity contribution in [2.45, 2.75) is 32.7 Å². The fourth-order valence-electron chi connectivity index (χ4n) is 2.67. The Morgan fingerprint density at radius 1 is 1.07 bits per heavy atom. The number of anilines is 1. The molecule has 29 heavy (non-hydrogen) atoms. The number of nitrogens with one attached hydrogen (secondary N) is 1. The summed E-state index contributed by atoms with van der Waals surface area (Å²) in [4.78, 5) is 18.3. The third-order valence-electron chi connectivity index (χ3n) is 4.67. The summed E-state index contributed by atoms with van der Waals surface area (Å²) in [6, 6.07) is 9.76. The van der Waals surface area contributed by atoms with Gasteiger partial charge in [-0.25, -0.2) is 13.6 Å². The Bertz CT molecular complexity index is 1000.